The monoisotopic (exact) mass is 383 g/mol. The van der Waals surface area contributed by atoms with Gasteiger partial charge < -0.3 is 20.7 Å². The summed E-state index contributed by atoms with van der Waals surface area (Å²) in [6.45, 7) is 6.79. The molecule has 2 aromatic carbocycles. The molecule has 0 saturated heterocycles. The van der Waals surface area contributed by atoms with E-state index in [1.54, 1.807) is 24.3 Å². The van der Waals surface area contributed by atoms with Crippen LogP contribution in [0.5, 0.6) is 5.75 Å². The van der Waals surface area contributed by atoms with Crippen molar-refractivity contribution in [1.82, 2.24) is 5.32 Å². The topological polar surface area (TPSA) is 79.5 Å². The molecular formula is C22H29N3O3. The van der Waals surface area contributed by atoms with Crippen molar-refractivity contribution in [3.63, 3.8) is 0 Å². The molecule has 0 unspecified atom stereocenters. The lowest BCUT2D eigenvalue weighted by atomic mass is 10.2. The Balaban J connectivity index is 1.84. The standard InChI is InChI=1S/C22H29N3O3/c1-4-5-13-23-22(27)17-7-6-8-19(14-17)25-21(26)15-24-18-9-11-20(12-10-18)28-16(2)3/h6-12,14,16,24H,4-5,13,15H2,1-3H3,(H,23,27)(H,25,26). The molecule has 3 N–H and O–H groups in total. The van der Waals surface area contributed by atoms with Crippen molar-refractivity contribution in [3.8, 4) is 5.75 Å². The Hall–Kier alpha value is -3.02. The first-order valence-corrected chi connectivity index (χ1v) is 9.66. The second-order valence-electron chi connectivity index (χ2n) is 6.78. The summed E-state index contributed by atoms with van der Waals surface area (Å²) in [7, 11) is 0. The van der Waals surface area contributed by atoms with Crippen molar-refractivity contribution in [2.75, 3.05) is 23.7 Å². The number of hydrogen-bond donors (Lipinski definition) is 3. The number of amides is 2. The number of anilines is 2. The van der Waals surface area contributed by atoms with Crippen LogP contribution >= 0.6 is 0 Å². The molecule has 2 rings (SSSR count). The summed E-state index contributed by atoms with van der Waals surface area (Å²) in [6, 6.07) is 14.4. The molecule has 6 heteroatoms. The maximum atomic E-state index is 12.2. The van der Waals surface area contributed by atoms with Crippen molar-refractivity contribution < 1.29 is 14.3 Å². The smallest absolute Gasteiger partial charge is 0.251 e. The van der Waals surface area contributed by atoms with E-state index in [1.807, 2.05) is 38.1 Å². The summed E-state index contributed by atoms with van der Waals surface area (Å²) in [5.41, 5.74) is 1.95. The van der Waals surface area contributed by atoms with Gasteiger partial charge in [0.1, 0.15) is 5.75 Å². The number of rotatable bonds is 10. The van der Waals surface area contributed by atoms with Crippen LogP contribution in [0.1, 0.15) is 44.0 Å². The van der Waals surface area contributed by atoms with E-state index < -0.39 is 0 Å². The molecule has 0 aliphatic rings. The van der Waals surface area contributed by atoms with E-state index in [0.29, 0.717) is 17.8 Å². The minimum absolute atomic E-state index is 0.120. The van der Waals surface area contributed by atoms with Crippen LogP contribution in [0.4, 0.5) is 11.4 Å². The fraction of sp³-hybridized carbons (Fsp3) is 0.364. The third-order valence-corrected chi connectivity index (χ3v) is 3.90. The van der Waals surface area contributed by atoms with Crippen LogP contribution < -0.4 is 20.7 Å². The molecule has 0 heterocycles. The maximum Gasteiger partial charge on any atom is 0.251 e. The molecule has 0 aliphatic heterocycles. The minimum Gasteiger partial charge on any atom is -0.491 e. The Kier molecular flexibility index (Phi) is 8.34. The van der Waals surface area contributed by atoms with E-state index in [9.17, 15) is 9.59 Å². The van der Waals surface area contributed by atoms with Gasteiger partial charge in [-0.2, -0.15) is 0 Å². The molecule has 2 amide bonds. The van der Waals surface area contributed by atoms with Crippen LogP contribution in [0, 0.1) is 0 Å². The van der Waals surface area contributed by atoms with Gasteiger partial charge in [0, 0.05) is 23.5 Å². The van der Waals surface area contributed by atoms with Gasteiger partial charge in [-0.3, -0.25) is 9.59 Å². The molecule has 0 radical (unpaired) electrons. The summed E-state index contributed by atoms with van der Waals surface area (Å²) < 4.78 is 5.60. The third-order valence-electron chi connectivity index (χ3n) is 3.90. The predicted molar refractivity (Wildman–Crippen MR) is 113 cm³/mol. The van der Waals surface area contributed by atoms with Gasteiger partial charge in [-0.15, -0.1) is 0 Å². The minimum atomic E-state index is -0.189. The number of ether oxygens (including phenoxy) is 1. The molecule has 0 aliphatic carbocycles. The lowest BCUT2D eigenvalue weighted by Crippen LogP contribution is -2.25. The van der Waals surface area contributed by atoms with Crippen LogP contribution in [0.25, 0.3) is 0 Å². The van der Waals surface area contributed by atoms with Gasteiger partial charge in [0.15, 0.2) is 0 Å². The van der Waals surface area contributed by atoms with E-state index in [0.717, 1.165) is 24.3 Å². The van der Waals surface area contributed by atoms with Crippen molar-refractivity contribution in [3.05, 3.63) is 54.1 Å². The van der Waals surface area contributed by atoms with Crippen molar-refractivity contribution in [1.29, 1.82) is 0 Å². The zero-order chi connectivity index (χ0) is 20.4. The lowest BCUT2D eigenvalue weighted by molar-refractivity contribution is -0.114. The first kappa shape index (κ1) is 21.3. The first-order valence-electron chi connectivity index (χ1n) is 9.66. The van der Waals surface area contributed by atoms with Gasteiger partial charge >= 0.3 is 0 Å². The summed E-state index contributed by atoms with van der Waals surface area (Å²) in [4.78, 5) is 24.3. The highest BCUT2D eigenvalue weighted by atomic mass is 16.5. The molecular weight excluding hydrogens is 354 g/mol. The Morgan fingerprint density at radius 3 is 2.46 bits per heavy atom. The van der Waals surface area contributed by atoms with E-state index in [4.69, 9.17) is 4.74 Å². The summed E-state index contributed by atoms with van der Waals surface area (Å²) in [5, 5.41) is 8.75. The van der Waals surface area contributed by atoms with Gasteiger partial charge in [0.25, 0.3) is 5.91 Å². The van der Waals surface area contributed by atoms with Crippen molar-refractivity contribution >= 4 is 23.2 Å². The van der Waals surface area contributed by atoms with Gasteiger partial charge in [-0.1, -0.05) is 19.4 Å². The first-order chi connectivity index (χ1) is 13.5. The molecule has 150 valence electrons. The van der Waals surface area contributed by atoms with Crippen LogP contribution in [0.3, 0.4) is 0 Å². The highest BCUT2D eigenvalue weighted by Crippen LogP contribution is 2.17. The summed E-state index contributed by atoms with van der Waals surface area (Å²) in [6.07, 6.45) is 2.09. The fourth-order valence-corrected chi connectivity index (χ4v) is 2.53. The molecule has 0 atom stereocenters. The van der Waals surface area contributed by atoms with E-state index in [2.05, 4.69) is 22.9 Å². The maximum absolute atomic E-state index is 12.2. The zero-order valence-corrected chi connectivity index (χ0v) is 16.7. The fourth-order valence-electron chi connectivity index (χ4n) is 2.53. The quantitative estimate of drug-likeness (QED) is 0.541. The summed E-state index contributed by atoms with van der Waals surface area (Å²) in [5.74, 6) is 0.469. The molecule has 0 bridgehead atoms. The average molecular weight is 383 g/mol. The van der Waals surface area contributed by atoms with E-state index >= 15 is 0 Å². The average Bonchev–Trinajstić information content (AvgIpc) is 2.67. The number of hydrogen-bond acceptors (Lipinski definition) is 4. The lowest BCUT2D eigenvalue weighted by Gasteiger charge is -2.11. The largest absolute Gasteiger partial charge is 0.491 e. The SMILES string of the molecule is CCCCNC(=O)c1cccc(NC(=O)CNc2ccc(OC(C)C)cc2)c1. The molecule has 0 fully saturated rings. The van der Waals surface area contributed by atoms with Crippen LogP contribution in [-0.2, 0) is 4.79 Å². The molecule has 28 heavy (non-hydrogen) atoms. The van der Waals surface area contributed by atoms with Gasteiger partial charge in [0.2, 0.25) is 5.91 Å². The Morgan fingerprint density at radius 2 is 1.79 bits per heavy atom. The number of carbonyl (C=O) groups is 2. The molecule has 0 spiro atoms. The van der Waals surface area contributed by atoms with Gasteiger partial charge in [-0.25, -0.2) is 0 Å². The highest BCUT2D eigenvalue weighted by molar-refractivity contribution is 5.98. The Labute approximate surface area is 166 Å². The number of carbonyl (C=O) groups excluding carboxylic acids is 2. The zero-order valence-electron chi connectivity index (χ0n) is 16.7. The predicted octanol–water partition coefficient (Wildman–Crippen LogP) is 4.05. The van der Waals surface area contributed by atoms with Gasteiger partial charge in [-0.05, 0) is 62.7 Å². The number of benzene rings is 2. The Morgan fingerprint density at radius 1 is 1.04 bits per heavy atom. The van der Waals surface area contributed by atoms with Crippen molar-refractivity contribution in [2.45, 2.75) is 39.7 Å². The normalized spacial score (nSPS) is 10.4. The van der Waals surface area contributed by atoms with E-state index in [-0.39, 0.29) is 24.5 Å². The molecule has 6 nitrogen and oxygen atoms in total. The molecule has 2 aromatic rings. The number of nitrogens with one attached hydrogen (secondary N) is 3. The van der Waals surface area contributed by atoms with Crippen molar-refractivity contribution in [2.24, 2.45) is 0 Å². The Bertz CT molecular complexity index is 773. The third kappa shape index (κ3) is 7.31. The summed E-state index contributed by atoms with van der Waals surface area (Å²) >= 11 is 0. The second-order valence-corrected chi connectivity index (χ2v) is 6.78. The second kappa shape index (κ2) is 11.0. The van der Waals surface area contributed by atoms with Crippen LogP contribution in [0.2, 0.25) is 0 Å². The highest BCUT2D eigenvalue weighted by Gasteiger charge is 2.08. The van der Waals surface area contributed by atoms with Crippen LogP contribution in [-0.4, -0.2) is 31.0 Å². The van der Waals surface area contributed by atoms with Crippen LogP contribution in [0.15, 0.2) is 48.5 Å². The molecule has 0 saturated carbocycles. The molecule has 0 aromatic heterocycles. The van der Waals surface area contributed by atoms with Gasteiger partial charge in [0.05, 0.1) is 12.6 Å². The number of unbranched alkanes of at least 4 members (excludes halogenated alkanes) is 1. The van der Waals surface area contributed by atoms with E-state index in [1.165, 1.54) is 0 Å².